The summed E-state index contributed by atoms with van der Waals surface area (Å²) < 4.78 is 21.4. The molecule has 0 spiro atoms. The zero-order valence-corrected chi connectivity index (χ0v) is 12.7. The highest BCUT2D eigenvalue weighted by Crippen LogP contribution is 2.27. The molecule has 0 saturated carbocycles. The fourth-order valence-electron chi connectivity index (χ4n) is 2.54. The summed E-state index contributed by atoms with van der Waals surface area (Å²) in [5.41, 5.74) is 1.00. The molecular weight excluding hydrogens is 312 g/mol. The van der Waals surface area contributed by atoms with Gasteiger partial charge in [-0.05, 0) is 30.2 Å². The van der Waals surface area contributed by atoms with Crippen LogP contribution in [0, 0.1) is 5.92 Å². The number of aromatic nitrogens is 2. The van der Waals surface area contributed by atoms with Crippen LogP contribution in [0.3, 0.4) is 0 Å². The maximum atomic E-state index is 12.2. The van der Waals surface area contributed by atoms with Gasteiger partial charge in [-0.2, -0.15) is 0 Å². The highest BCUT2D eigenvalue weighted by Gasteiger charge is 2.27. The first kappa shape index (κ1) is 14.5. The molecule has 0 radical (unpaired) electrons. The number of esters is 1. The van der Waals surface area contributed by atoms with Crippen molar-refractivity contribution in [1.82, 2.24) is 10.2 Å². The molecule has 3 aromatic rings. The van der Waals surface area contributed by atoms with Crippen LogP contribution in [0.4, 0.5) is 0 Å². The Hall–Kier alpha value is -3.09. The van der Waals surface area contributed by atoms with Gasteiger partial charge < -0.3 is 18.3 Å². The van der Waals surface area contributed by atoms with Crippen LogP contribution in [-0.4, -0.2) is 22.8 Å². The first-order valence-corrected chi connectivity index (χ1v) is 7.53. The van der Waals surface area contributed by atoms with Gasteiger partial charge in [-0.15, -0.1) is 10.2 Å². The van der Waals surface area contributed by atoms with Gasteiger partial charge in [-0.1, -0.05) is 18.2 Å². The molecule has 0 saturated heterocycles. The SMILES string of the molecule is O=C(OCc1nnc(-c2ccco2)o1)[C@@H]1COc2ccccc2C1. The third-order valence-corrected chi connectivity index (χ3v) is 3.75. The Bertz CT molecular complexity index is 840. The van der Waals surface area contributed by atoms with Crippen molar-refractivity contribution in [3.05, 3.63) is 54.1 Å². The van der Waals surface area contributed by atoms with Crippen molar-refractivity contribution in [3.8, 4) is 17.4 Å². The summed E-state index contributed by atoms with van der Waals surface area (Å²) in [6, 6.07) is 11.1. The zero-order chi connectivity index (χ0) is 16.4. The van der Waals surface area contributed by atoms with Crippen LogP contribution in [0.1, 0.15) is 11.5 Å². The Morgan fingerprint density at radius 1 is 1.21 bits per heavy atom. The number of carbonyl (C=O) groups is 1. The van der Waals surface area contributed by atoms with Gasteiger partial charge in [0.1, 0.15) is 12.4 Å². The van der Waals surface area contributed by atoms with E-state index in [-0.39, 0.29) is 30.3 Å². The molecule has 1 aliphatic rings. The summed E-state index contributed by atoms with van der Waals surface area (Å²) in [5, 5.41) is 7.69. The number of rotatable bonds is 4. The minimum absolute atomic E-state index is 0.0787. The number of carbonyl (C=O) groups excluding carboxylic acids is 1. The number of hydrogen-bond acceptors (Lipinski definition) is 7. The Morgan fingerprint density at radius 2 is 2.12 bits per heavy atom. The molecule has 0 N–H and O–H groups in total. The van der Waals surface area contributed by atoms with Gasteiger partial charge in [0.25, 0.3) is 11.8 Å². The van der Waals surface area contributed by atoms with Gasteiger partial charge in [0, 0.05) is 0 Å². The van der Waals surface area contributed by atoms with Gasteiger partial charge in [0.2, 0.25) is 0 Å². The molecule has 0 unspecified atom stereocenters. The van der Waals surface area contributed by atoms with Gasteiger partial charge in [-0.25, -0.2) is 0 Å². The van der Waals surface area contributed by atoms with Crippen LogP contribution in [0.25, 0.3) is 11.7 Å². The fourth-order valence-corrected chi connectivity index (χ4v) is 2.54. The van der Waals surface area contributed by atoms with Crippen LogP contribution in [0.15, 0.2) is 51.5 Å². The summed E-state index contributed by atoms with van der Waals surface area (Å²) in [7, 11) is 0. The Kier molecular flexibility index (Phi) is 3.74. The minimum Gasteiger partial charge on any atom is -0.492 e. The van der Waals surface area contributed by atoms with E-state index in [9.17, 15) is 4.79 Å². The van der Waals surface area contributed by atoms with E-state index in [2.05, 4.69) is 10.2 Å². The van der Waals surface area contributed by atoms with Crippen molar-refractivity contribution in [1.29, 1.82) is 0 Å². The lowest BCUT2D eigenvalue weighted by molar-refractivity contribution is -0.152. The van der Waals surface area contributed by atoms with Crippen molar-refractivity contribution in [3.63, 3.8) is 0 Å². The van der Waals surface area contributed by atoms with E-state index in [0.717, 1.165) is 11.3 Å². The summed E-state index contributed by atoms with van der Waals surface area (Å²) in [5.74, 6) is 1.07. The molecule has 2 aromatic heterocycles. The van der Waals surface area contributed by atoms with Gasteiger partial charge in [0.15, 0.2) is 12.4 Å². The normalized spacial score (nSPS) is 16.2. The highest BCUT2D eigenvalue weighted by molar-refractivity contribution is 5.73. The molecule has 0 amide bonds. The lowest BCUT2D eigenvalue weighted by atomic mass is 9.97. The first-order valence-electron chi connectivity index (χ1n) is 7.53. The molecule has 1 aliphatic heterocycles. The number of furan rings is 1. The second-order valence-electron chi connectivity index (χ2n) is 5.41. The third kappa shape index (κ3) is 2.88. The van der Waals surface area contributed by atoms with E-state index < -0.39 is 0 Å². The molecule has 4 rings (SSSR count). The Morgan fingerprint density at radius 3 is 3.00 bits per heavy atom. The van der Waals surface area contributed by atoms with E-state index in [1.54, 1.807) is 12.1 Å². The molecule has 0 fully saturated rings. The summed E-state index contributed by atoms with van der Waals surface area (Å²) in [4.78, 5) is 12.2. The van der Waals surface area contributed by atoms with Crippen molar-refractivity contribution in [2.24, 2.45) is 5.92 Å². The quantitative estimate of drug-likeness (QED) is 0.681. The third-order valence-electron chi connectivity index (χ3n) is 3.75. The van der Waals surface area contributed by atoms with Crippen LogP contribution >= 0.6 is 0 Å². The van der Waals surface area contributed by atoms with Crippen LogP contribution in [-0.2, 0) is 22.6 Å². The molecule has 0 aliphatic carbocycles. The van der Waals surface area contributed by atoms with Gasteiger partial charge in [-0.3, -0.25) is 4.79 Å². The van der Waals surface area contributed by atoms with E-state index in [1.165, 1.54) is 6.26 Å². The lowest BCUT2D eigenvalue weighted by Crippen LogP contribution is -2.29. The van der Waals surface area contributed by atoms with E-state index >= 15 is 0 Å². The summed E-state index contributed by atoms with van der Waals surface area (Å²) in [6.45, 7) is 0.224. The van der Waals surface area contributed by atoms with E-state index in [1.807, 2.05) is 24.3 Å². The summed E-state index contributed by atoms with van der Waals surface area (Å²) >= 11 is 0. The monoisotopic (exact) mass is 326 g/mol. The van der Waals surface area contributed by atoms with Crippen molar-refractivity contribution >= 4 is 5.97 Å². The maximum absolute atomic E-state index is 12.2. The zero-order valence-electron chi connectivity index (χ0n) is 12.7. The molecular formula is C17H14N2O5. The van der Waals surface area contributed by atoms with Gasteiger partial charge in [0.05, 0.1) is 12.2 Å². The number of fused-ring (bicyclic) bond motifs is 1. The maximum Gasteiger partial charge on any atom is 0.313 e. The van der Waals surface area contributed by atoms with Crippen molar-refractivity contribution < 1.29 is 23.1 Å². The van der Waals surface area contributed by atoms with Crippen molar-refractivity contribution in [2.75, 3.05) is 6.61 Å². The van der Waals surface area contributed by atoms with Crippen molar-refractivity contribution in [2.45, 2.75) is 13.0 Å². The lowest BCUT2D eigenvalue weighted by Gasteiger charge is -2.23. The van der Waals surface area contributed by atoms with E-state index in [0.29, 0.717) is 18.8 Å². The molecule has 3 heterocycles. The Labute approximate surface area is 137 Å². The number of benzene rings is 1. The van der Waals surface area contributed by atoms with E-state index in [4.69, 9.17) is 18.3 Å². The predicted molar refractivity (Wildman–Crippen MR) is 80.9 cm³/mol. The second-order valence-corrected chi connectivity index (χ2v) is 5.41. The number of para-hydroxylation sites is 1. The number of hydrogen-bond donors (Lipinski definition) is 0. The van der Waals surface area contributed by atoms with Gasteiger partial charge >= 0.3 is 5.97 Å². The van der Waals surface area contributed by atoms with Crippen LogP contribution in [0.5, 0.6) is 5.75 Å². The Balaban J connectivity index is 1.36. The molecule has 24 heavy (non-hydrogen) atoms. The highest BCUT2D eigenvalue weighted by atomic mass is 16.5. The summed E-state index contributed by atoms with van der Waals surface area (Å²) in [6.07, 6.45) is 2.11. The average Bonchev–Trinajstić information content (AvgIpc) is 3.30. The fraction of sp³-hybridized carbons (Fsp3) is 0.235. The number of nitrogens with zero attached hydrogens (tertiary/aromatic N) is 2. The second kappa shape index (κ2) is 6.19. The number of ether oxygens (including phenoxy) is 2. The molecule has 7 heteroatoms. The predicted octanol–water partition coefficient (Wildman–Crippen LogP) is 2.62. The molecule has 122 valence electrons. The topological polar surface area (TPSA) is 87.6 Å². The van der Waals surface area contributed by atoms with Crippen LogP contribution in [0.2, 0.25) is 0 Å². The molecule has 1 aromatic carbocycles. The first-order chi connectivity index (χ1) is 11.8. The molecule has 0 bridgehead atoms. The molecule has 7 nitrogen and oxygen atoms in total. The minimum atomic E-state index is -0.345. The smallest absolute Gasteiger partial charge is 0.313 e. The van der Waals surface area contributed by atoms with Crippen LogP contribution < -0.4 is 4.74 Å². The molecule has 1 atom stereocenters. The standard InChI is InChI=1S/C17H14N2O5/c20-17(12-8-11-4-1-2-5-13(11)22-9-12)23-10-15-18-19-16(24-15)14-6-3-7-21-14/h1-7,12H,8-10H2/t12-/m0/s1. The average molecular weight is 326 g/mol. The largest absolute Gasteiger partial charge is 0.492 e.